The largest absolute Gasteiger partial charge is 0.444 e. The van der Waals surface area contributed by atoms with E-state index < -0.39 is 36.3 Å². The van der Waals surface area contributed by atoms with Crippen LogP contribution in [0.5, 0.6) is 0 Å². The quantitative estimate of drug-likeness (QED) is 0.249. The van der Waals surface area contributed by atoms with Gasteiger partial charge in [0.1, 0.15) is 17.7 Å². The van der Waals surface area contributed by atoms with Gasteiger partial charge in [-0.1, -0.05) is 81.7 Å². The van der Waals surface area contributed by atoms with Crippen molar-refractivity contribution in [3.05, 3.63) is 34.9 Å². The van der Waals surface area contributed by atoms with E-state index in [1.54, 1.807) is 20.8 Å². The molecule has 0 fully saturated rings. The summed E-state index contributed by atoms with van der Waals surface area (Å²) < 4.78 is 5.31. The van der Waals surface area contributed by atoms with Gasteiger partial charge in [-0.05, 0) is 53.0 Å². The Hall–Kier alpha value is -2.61. The molecule has 3 N–H and O–H groups in total. The van der Waals surface area contributed by atoms with Gasteiger partial charge in [0.15, 0.2) is 0 Å². The molecule has 0 bridgehead atoms. The fraction of sp³-hybridized carbons (Fsp3) is 0.700. The molecule has 0 aliphatic carbocycles. The molecule has 0 aromatic heterocycles. The van der Waals surface area contributed by atoms with Crippen LogP contribution in [-0.4, -0.2) is 59.3 Å². The minimum atomic E-state index is -1.23. The number of carbonyl (C=O) groups excluding carboxylic acids is 3. The molecule has 0 saturated carbocycles. The summed E-state index contributed by atoms with van der Waals surface area (Å²) in [5, 5.41) is 15.6. The van der Waals surface area contributed by atoms with Crippen LogP contribution in [0.2, 0.25) is 0 Å². The average molecular weight is 534 g/mol. The fourth-order valence-electron chi connectivity index (χ4n) is 4.39. The molecule has 0 heterocycles. The predicted octanol–water partition coefficient (Wildman–Crippen LogP) is 5.34. The third-order valence-electron chi connectivity index (χ3n) is 6.16. The number of hydrogen-bond acceptors (Lipinski definition) is 5. The highest BCUT2D eigenvalue weighted by molar-refractivity contribution is 5.92. The van der Waals surface area contributed by atoms with E-state index >= 15 is 0 Å². The smallest absolute Gasteiger partial charge is 0.408 e. The number of benzene rings is 1. The number of nitrogens with zero attached hydrogens (tertiary/aromatic N) is 1. The second-order valence-corrected chi connectivity index (χ2v) is 11.1. The maximum atomic E-state index is 13.9. The van der Waals surface area contributed by atoms with E-state index in [4.69, 9.17) is 4.74 Å². The van der Waals surface area contributed by atoms with E-state index in [9.17, 15) is 19.5 Å². The predicted molar refractivity (Wildman–Crippen MR) is 152 cm³/mol. The molecule has 1 rings (SSSR count). The van der Waals surface area contributed by atoms with Crippen LogP contribution in [0.15, 0.2) is 18.2 Å². The van der Waals surface area contributed by atoms with Crippen molar-refractivity contribution in [2.45, 2.75) is 118 Å². The summed E-state index contributed by atoms with van der Waals surface area (Å²) in [6.07, 6.45) is 7.09. The number of ether oxygens (including phenoxy) is 1. The molecule has 1 aromatic carbocycles. The second kappa shape index (κ2) is 17.1. The van der Waals surface area contributed by atoms with Gasteiger partial charge in [-0.25, -0.2) is 4.79 Å². The zero-order chi connectivity index (χ0) is 28.7. The lowest BCUT2D eigenvalue weighted by Crippen LogP contribution is -2.54. The second-order valence-electron chi connectivity index (χ2n) is 11.1. The standard InChI is InChI=1S/C30H51N3O5/c1-8-10-12-13-14-15-17-33(28(36)25(21-34)32-29(37)38-30(5,6)7)26(27(35)31-16-11-9-2)24-19-22(3)18-23(4)20-24/h18-20,25-26,34H,8-17,21H2,1-7H3,(H,31,35)(H,32,37). The molecule has 0 spiro atoms. The molecule has 8 heteroatoms. The van der Waals surface area contributed by atoms with Gasteiger partial charge >= 0.3 is 6.09 Å². The van der Waals surface area contributed by atoms with Crippen molar-refractivity contribution < 1.29 is 24.2 Å². The van der Waals surface area contributed by atoms with Crippen LogP contribution in [0.4, 0.5) is 4.79 Å². The van der Waals surface area contributed by atoms with E-state index in [2.05, 4.69) is 24.5 Å². The lowest BCUT2D eigenvalue weighted by molar-refractivity contribution is -0.143. The summed E-state index contributed by atoms with van der Waals surface area (Å²) in [5.41, 5.74) is 1.93. The van der Waals surface area contributed by atoms with Gasteiger partial charge in [0.2, 0.25) is 11.8 Å². The van der Waals surface area contributed by atoms with Gasteiger partial charge in [0.25, 0.3) is 0 Å². The Morgan fingerprint density at radius 1 is 0.921 bits per heavy atom. The van der Waals surface area contributed by atoms with Crippen molar-refractivity contribution in [2.24, 2.45) is 0 Å². The summed E-state index contributed by atoms with van der Waals surface area (Å²) in [4.78, 5) is 41.5. The lowest BCUT2D eigenvalue weighted by atomic mass is 9.98. The summed E-state index contributed by atoms with van der Waals surface area (Å²) in [7, 11) is 0. The SMILES string of the molecule is CCCCCCCCN(C(=O)C(CO)NC(=O)OC(C)(C)C)C(C(=O)NCCCC)c1cc(C)cc(C)c1. The summed E-state index contributed by atoms with van der Waals surface area (Å²) in [5.74, 6) is -0.779. The van der Waals surface area contributed by atoms with Crippen LogP contribution in [0.1, 0.15) is 109 Å². The molecule has 0 radical (unpaired) electrons. The van der Waals surface area contributed by atoms with E-state index in [1.807, 2.05) is 32.0 Å². The molecule has 0 aliphatic rings. The molecule has 2 unspecified atom stereocenters. The first-order valence-electron chi connectivity index (χ1n) is 14.2. The van der Waals surface area contributed by atoms with E-state index in [0.717, 1.165) is 49.7 Å². The number of unbranched alkanes of at least 4 members (excludes halogenated alkanes) is 6. The molecule has 0 saturated heterocycles. The Kier molecular flexibility index (Phi) is 15.0. The third kappa shape index (κ3) is 12.3. The third-order valence-corrected chi connectivity index (χ3v) is 6.16. The van der Waals surface area contributed by atoms with Crippen LogP contribution >= 0.6 is 0 Å². The zero-order valence-electron chi connectivity index (χ0n) is 24.7. The van der Waals surface area contributed by atoms with Gasteiger partial charge in [-0.3, -0.25) is 9.59 Å². The number of aryl methyl sites for hydroxylation is 2. The van der Waals surface area contributed by atoms with Crippen LogP contribution in [0.25, 0.3) is 0 Å². The van der Waals surface area contributed by atoms with Gasteiger partial charge in [-0.2, -0.15) is 0 Å². The highest BCUT2D eigenvalue weighted by Crippen LogP contribution is 2.26. The molecule has 8 nitrogen and oxygen atoms in total. The van der Waals surface area contributed by atoms with Crippen LogP contribution in [0, 0.1) is 13.8 Å². The summed E-state index contributed by atoms with van der Waals surface area (Å²) >= 11 is 0. The Balaban J connectivity index is 3.36. The number of rotatable bonds is 16. The molecule has 2 atom stereocenters. The van der Waals surface area contributed by atoms with Crippen molar-refractivity contribution in [3.8, 4) is 0 Å². The van der Waals surface area contributed by atoms with Crippen molar-refractivity contribution in [2.75, 3.05) is 19.7 Å². The molecular weight excluding hydrogens is 482 g/mol. The van der Waals surface area contributed by atoms with Gasteiger partial charge < -0.3 is 25.4 Å². The van der Waals surface area contributed by atoms with E-state index in [1.165, 1.54) is 11.3 Å². The Morgan fingerprint density at radius 3 is 2.05 bits per heavy atom. The number of carbonyl (C=O) groups is 3. The number of amides is 3. The highest BCUT2D eigenvalue weighted by Gasteiger charge is 2.36. The van der Waals surface area contributed by atoms with Crippen molar-refractivity contribution in [3.63, 3.8) is 0 Å². The monoisotopic (exact) mass is 533 g/mol. The van der Waals surface area contributed by atoms with Gasteiger partial charge in [-0.15, -0.1) is 0 Å². The zero-order valence-corrected chi connectivity index (χ0v) is 24.7. The van der Waals surface area contributed by atoms with Crippen molar-refractivity contribution >= 4 is 17.9 Å². The van der Waals surface area contributed by atoms with E-state index in [-0.39, 0.29) is 5.91 Å². The number of alkyl carbamates (subject to hydrolysis) is 1. The Morgan fingerprint density at radius 2 is 1.50 bits per heavy atom. The average Bonchev–Trinajstić information content (AvgIpc) is 2.81. The Bertz CT molecular complexity index is 861. The number of hydrogen-bond donors (Lipinski definition) is 3. The molecule has 0 aliphatic heterocycles. The molecule has 216 valence electrons. The van der Waals surface area contributed by atoms with Crippen LogP contribution in [-0.2, 0) is 14.3 Å². The number of aliphatic hydroxyl groups excluding tert-OH is 1. The maximum absolute atomic E-state index is 13.9. The van der Waals surface area contributed by atoms with Gasteiger partial charge in [0, 0.05) is 13.1 Å². The van der Waals surface area contributed by atoms with Crippen molar-refractivity contribution in [1.82, 2.24) is 15.5 Å². The van der Waals surface area contributed by atoms with Crippen LogP contribution < -0.4 is 10.6 Å². The van der Waals surface area contributed by atoms with Crippen molar-refractivity contribution in [1.29, 1.82) is 0 Å². The molecule has 1 aromatic rings. The number of aliphatic hydroxyl groups is 1. The summed E-state index contributed by atoms with van der Waals surface area (Å²) in [6.45, 7) is 13.5. The Labute approximate surface area is 229 Å². The molecule has 3 amide bonds. The summed E-state index contributed by atoms with van der Waals surface area (Å²) in [6, 6.07) is 3.75. The fourth-order valence-corrected chi connectivity index (χ4v) is 4.39. The minimum absolute atomic E-state index is 0.267. The number of nitrogens with one attached hydrogen (secondary N) is 2. The van der Waals surface area contributed by atoms with Gasteiger partial charge in [0.05, 0.1) is 6.61 Å². The highest BCUT2D eigenvalue weighted by atomic mass is 16.6. The molecule has 38 heavy (non-hydrogen) atoms. The van der Waals surface area contributed by atoms with Crippen LogP contribution in [0.3, 0.4) is 0 Å². The first kappa shape index (κ1) is 33.4. The molecular formula is C30H51N3O5. The van der Waals surface area contributed by atoms with E-state index in [0.29, 0.717) is 25.1 Å². The normalized spacial score (nSPS) is 12.9. The topological polar surface area (TPSA) is 108 Å². The lowest BCUT2D eigenvalue weighted by Gasteiger charge is -2.34. The minimum Gasteiger partial charge on any atom is -0.444 e. The maximum Gasteiger partial charge on any atom is 0.408 e. The first-order valence-corrected chi connectivity index (χ1v) is 14.2. The first-order chi connectivity index (χ1) is 17.9.